The summed E-state index contributed by atoms with van der Waals surface area (Å²) in [5, 5.41) is 7.60. The fraction of sp³-hybridized carbons (Fsp3) is 0.217. The SMILES string of the molecule is CCOc1ccccc1C(=O)NCCn1ncc2c(=O)n(Cc3ccccc3)cnc21. The van der Waals surface area contributed by atoms with Crippen LogP contribution in [0.4, 0.5) is 0 Å². The third-order valence-corrected chi connectivity index (χ3v) is 4.86. The van der Waals surface area contributed by atoms with Gasteiger partial charge in [0.1, 0.15) is 17.5 Å². The molecule has 0 saturated carbocycles. The lowest BCUT2D eigenvalue weighted by Gasteiger charge is -2.10. The van der Waals surface area contributed by atoms with Crippen molar-refractivity contribution in [1.82, 2.24) is 24.6 Å². The number of nitrogens with zero attached hydrogens (tertiary/aromatic N) is 4. The molecule has 0 saturated heterocycles. The number of benzene rings is 2. The topological polar surface area (TPSA) is 91.0 Å². The second-order valence-corrected chi connectivity index (χ2v) is 6.95. The number of nitrogens with one attached hydrogen (secondary N) is 1. The second-order valence-electron chi connectivity index (χ2n) is 6.95. The van der Waals surface area contributed by atoms with Crippen LogP contribution in [0, 0.1) is 0 Å². The average molecular weight is 417 g/mol. The third kappa shape index (κ3) is 4.48. The molecular formula is C23H23N5O3. The lowest BCUT2D eigenvalue weighted by atomic mass is 10.2. The molecule has 2 aromatic heterocycles. The van der Waals surface area contributed by atoms with Gasteiger partial charge in [-0.1, -0.05) is 42.5 Å². The smallest absolute Gasteiger partial charge is 0.264 e. The maximum absolute atomic E-state index is 12.8. The van der Waals surface area contributed by atoms with E-state index in [-0.39, 0.29) is 11.5 Å². The molecule has 2 aromatic carbocycles. The second kappa shape index (κ2) is 9.25. The van der Waals surface area contributed by atoms with Crippen LogP contribution >= 0.6 is 0 Å². The lowest BCUT2D eigenvalue weighted by Crippen LogP contribution is -2.28. The van der Waals surface area contributed by atoms with Gasteiger partial charge >= 0.3 is 0 Å². The van der Waals surface area contributed by atoms with Gasteiger partial charge in [-0.15, -0.1) is 0 Å². The Bertz CT molecular complexity index is 1250. The minimum absolute atomic E-state index is 0.144. The Balaban J connectivity index is 1.44. The normalized spacial score (nSPS) is 10.9. The summed E-state index contributed by atoms with van der Waals surface area (Å²) in [6.07, 6.45) is 3.06. The highest BCUT2D eigenvalue weighted by molar-refractivity contribution is 5.96. The summed E-state index contributed by atoms with van der Waals surface area (Å²) in [4.78, 5) is 29.7. The van der Waals surface area contributed by atoms with E-state index in [1.165, 1.54) is 12.5 Å². The Hall–Kier alpha value is -3.94. The van der Waals surface area contributed by atoms with Gasteiger partial charge in [0, 0.05) is 6.54 Å². The van der Waals surface area contributed by atoms with Crippen LogP contribution in [0.2, 0.25) is 0 Å². The van der Waals surface area contributed by atoms with Crippen molar-refractivity contribution >= 4 is 16.9 Å². The van der Waals surface area contributed by atoms with E-state index in [1.54, 1.807) is 27.4 Å². The van der Waals surface area contributed by atoms with Crippen LogP contribution < -0.4 is 15.6 Å². The molecule has 8 nitrogen and oxygen atoms in total. The summed E-state index contributed by atoms with van der Waals surface area (Å²) >= 11 is 0. The maximum Gasteiger partial charge on any atom is 0.264 e. The minimum atomic E-state index is -0.223. The summed E-state index contributed by atoms with van der Waals surface area (Å²) in [6, 6.07) is 16.8. The summed E-state index contributed by atoms with van der Waals surface area (Å²) < 4.78 is 8.70. The van der Waals surface area contributed by atoms with Crippen LogP contribution in [0.3, 0.4) is 0 Å². The van der Waals surface area contributed by atoms with E-state index in [9.17, 15) is 9.59 Å². The fourth-order valence-corrected chi connectivity index (χ4v) is 3.36. The number of hydrogen-bond donors (Lipinski definition) is 1. The van der Waals surface area contributed by atoms with Crippen LogP contribution in [0.1, 0.15) is 22.8 Å². The van der Waals surface area contributed by atoms with Gasteiger partial charge in [0.2, 0.25) is 0 Å². The van der Waals surface area contributed by atoms with E-state index in [0.29, 0.717) is 48.6 Å². The Morgan fingerprint density at radius 2 is 1.87 bits per heavy atom. The molecule has 31 heavy (non-hydrogen) atoms. The van der Waals surface area contributed by atoms with E-state index in [1.807, 2.05) is 43.3 Å². The molecule has 8 heteroatoms. The molecule has 0 radical (unpaired) electrons. The first kappa shape index (κ1) is 20.3. The average Bonchev–Trinajstić information content (AvgIpc) is 3.21. The Kier molecular flexibility index (Phi) is 6.07. The number of hydrogen-bond acceptors (Lipinski definition) is 5. The third-order valence-electron chi connectivity index (χ3n) is 4.86. The van der Waals surface area contributed by atoms with Crippen LogP contribution in [-0.2, 0) is 13.1 Å². The van der Waals surface area contributed by atoms with E-state index >= 15 is 0 Å². The molecular weight excluding hydrogens is 394 g/mol. The van der Waals surface area contributed by atoms with Gasteiger partial charge in [0.05, 0.1) is 31.5 Å². The molecule has 0 bridgehead atoms. The number of rotatable bonds is 8. The number of amides is 1. The number of para-hydroxylation sites is 1. The molecule has 2 heterocycles. The monoisotopic (exact) mass is 417 g/mol. The first-order valence-electron chi connectivity index (χ1n) is 10.1. The summed E-state index contributed by atoms with van der Waals surface area (Å²) in [6.45, 7) is 3.53. The van der Waals surface area contributed by atoms with Crippen molar-refractivity contribution in [2.75, 3.05) is 13.2 Å². The summed E-state index contributed by atoms with van der Waals surface area (Å²) in [7, 11) is 0. The Morgan fingerprint density at radius 3 is 2.68 bits per heavy atom. The van der Waals surface area contributed by atoms with Gasteiger partial charge in [0.25, 0.3) is 11.5 Å². The molecule has 0 unspecified atom stereocenters. The van der Waals surface area contributed by atoms with Gasteiger partial charge in [-0.2, -0.15) is 5.10 Å². The fourth-order valence-electron chi connectivity index (χ4n) is 3.36. The lowest BCUT2D eigenvalue weighted by molar-refractivity contribution is 0.0948. The predicted octanol–water partition coefficient (Wildman–Crippen LogP) is 2.47. The largest absolute Gasteiger partial charge is 0.493 e. The summed E-state index contributed by atoms with van der Waals surface area (Å²) in [5.41, 5.74) is 1.86. The quantitative estimate of drug-likeness (QED) is 0.476. The molecule has 4 aromatic rings. The molecule has 4 rings (SSSR count). The standard InChI is InChI=1S/C23H23N5O3/c1-2-31-20-11-7-6-10-18(20)22(29)24-12-13-28-21-19(14-26-28)23(30)27(16-25-21)15-17-8-4-3-5-9-17/h3-11,14,16H,2,12-13,15H2,1H3,(H,24,29). The first-order chi connectivity index (χ1) is 15.2. The first-order valence-corrected chi connectivity index (χ1v) is 10.1. The predicted molar refractivity (Wildman–Crippen MR) is 117 cm³/mol. The Labute approximate surface area is 179 Å². The molecule has 0 aliphatic carbocycles. The van der Waals surface area contributed by atoms with E-state index in [4.69, 9.17) is 4.74 Å². The number of fused-ring (bicyclic) bond motifs is 1. The van der Waals surface area contributed by atoms with Crippen molar-refractivity contribution < 1.29 is 9.53 Å². The molecule has 0 spiro atoms. The molecule has 0 fully saturated rings. The zero-order valence-electron chi connectivity index (χ0n) is 17.2. The molecule has 1 N–H and O–H groups in total. The maximum atomic E-state index is 12.8. The highest BCUT2D eigenvalue weighted by Gasteiger charge is 2.13. The minimum Gasteiger partial charge on any atom is -0.493 e. The van der Waals surface area contributed by atoms with Crippen LogP contribution in [0.25, 0.3) is 11.0 Å². The zero-order valence-corrected chi connectivity index (χ0v) is 17.2. The Morgan fingerprint density at radius 1 is 1.10 bits per heavy atom. The summed E-state index contributed by atoms with van der Waals surface area (Å²) in [5.74, 6) is 0.325. The van der Waals surface area contributed by atoms with Crippen molar-refractivity contribution in [3.05, 3.63) is 88.6 Å². The van der Waals surface area contributed by atoms with E-state index < -0.39 is 0 Å². The highest BCUT2D eigenvalue weighted by Crippen LogP contribution is 2.17. The van der Waals surface area contributed by atoms with Gasteiger partial charge in [-0.3, -0.25) is 14.2 Å². The van der Waals surface area contributed by atoms with Crippen molar-refractivity contribution in [3.63, 3.8) is 0 Å². The zero-order chi connectivity index (χ0) is 21.6. The molecule has 0 aliphatic rings. The van der Waals surface area contributed by atoms with Crippen molar-refractivity contribution in [1.29, 1.82) is 0 Å². The van der Waals surface area contributed by atoms with Crippen LogP contribution in [-0.4, -0.2) is 38.4 Å². The van der Waals surface area contributed by atoms with E-state index in [0.717, 1.165) is 5.56 Å². The molecule has 1 amide bonds. The van der Waals surface area contributed by atoms with Crippen molar-refractivity contribution in [2.45, 2.75) is 20.0 Å². The molecule has 158 valence electrons. The number of carbonyl (C=O) groups excluding carboxylic acids is 1. The van der Waals surface area contributed by atoms with Gasteiger partial charge in [0.15, 0.2) is 5.65 Å². The van der Waals surface area contributed by atoms with Crippen molar-refractivity contribution in [2.24, 2.45) is 0 Å². The number of ether oxygens (including phenoxy) is 1. The number of carbonyl (C=O) groups is 1. The van der Waals surface area contributed by atoms with Gasteiger partial charge in [-0.25, -0.2) is 9.67 Å². The van der Waals surface area contributed by atoms with E-state index in [2.05, 4.69) is 15.4 Å². The van der Waals surface area contributed by atoms with Crippen LogP contribution in [0.5, 0.6) is 5.75 Å². The molecule has 0 aliphatic heterocycles. The molecule has 0 atom stereocenters. The van der Waals surface area contributed by atoms with Gasteiger partial charge in [-0.05, 0) is 24.6 Å². The van der Waals surface area contributed by atoms with Gasteiger partial charge < -0.3 is 10.1 Å². The van der Waals surface area contributed by atoms with Crippen molar-refractivity contribution in [3.8, 4) is 5.75 Å². The highest BCUT2D eigenvalue weighted by atomic mass is 16.5. The van der Waals surface area contributed by atoms with Crippen LogP contribution in [0.15, 0.2) is 71.9 Å². The number of aromatic nitrogens is 4.